The Morgan fingerprint density at radius 3 is 2.38 bits per heavy atom. The Morgan fingerprint density at radius 1 is 1.04 bits per heavy atom. The lowest BCUT2D eigenvalue weighted by Gasteiger charge is -2.24. The zero-order valence-electron chi connectivity index (χ0n) is 13.4. The number of carbonyl (C=O) groups is 2. The summed E-state index contributed by atoms with van der Waals surface area (Å²) in [5.74, 6) is -0.797. The minimum absolute atomic E-state index is 0.0370. The van der Waals surface area contributed by atoms with Crippen LogP contribution in [0.2, 0.25) is 0 Å². The first-order valence-corrected chi connectivity index (χ1v) is 7.71. The summed E-state index contributed by atoms with van der Waals surface area (Å²) in [6.07, 6.45) is 6.48. The Balaban J connectivity index is 2.70. The molecule has 0 amide bonds. The molecule has 1 aromatic rings. The second kappa shape index (κ2) is 7.83. The third kappa shape index (κ3) is 3.51. The quantitative estimate of drug-likeness (QED) is 0.732. The Hall–Kier alpha value is -2.54. The highest BCUT2D eigenvalue weighted by atomic mass is 79.9. The minimum Gasteiger partial charge on any atom is -0.495 e. The zero-order chi connectivity index (χ0) is 17.7. The average Bonchev–Trinajstić information content (AvgIpc) is 2.82. The molecule has 0 atom stereocenters. The normalized spacial score (nSPS) is 13.6. The van der Waals surface area contributed by atoms with Crippen molar-refractivity contribution in [1.29, 1.82) is 0 Å². The molecule has 0 bridgehead atoms. The van der Waals surface area contributed by atoms with Crippen molar-refractivity contribution >= 4 is 33.6 Å². The van der Waals surface area contributed by atoms with E-state index in [9.17, 15) is 9.59 Å². The van der Waals surface area contributed by atoms with E-state index in [1.807, 2.05) is 0 Å². The van der Waals surface area contributed by atoms with Gasteiger partial charge in [0.1, 0.15) is 11.4 Å². The van der Waals surface area contributed by atoms with E-state index in [0.29, 0.717) is 11.4 Å². The highest BCUT2D eigenvalue weighted by molar-refractivity contribution is 9.10. The molecule has 1 aliphatic rings. The third-order valence-electron chi connectivity index (χ3n) is 3.29. The number of ether oxygens (including phenoxy) is 3. The lowest BCUT2D eigenvalue weighted by molar-refractivity contribution is -0.139. The number of halogens is 1. The van der Waals surface area contributed by atoms with Crippen LogP contribution in [0.15, 0.2) is 58.4 Å². The highest BCUT2D eigenvalue weighted by Crippen LogP contribution is 2.35. The standard InChI is InChI=1S/C17H16BrNO5/c1-22-14-10-11(18)7-8-13(14)19-9-5-4-6-12(16(20)23-2)15(19)17(21)24-3/h4-10H,1-3H3. The Morgan fingerprint density at radius 2 is 1.75 bits per heavy atom. The number of anilines is 1. The van der Waals surface area contributed by atoms with E-state index in [4.69, 9.17) is 14.2 Å². The number of rotatable bonds is 4. The molecule has 24 heavy (non-hydrogen) atoms. The van der Waals surface area contributed by atoms with E-state index in [2.05, 4.69) is 15.9 Å². The molecule has 0 saturated heterocycles. The summed E-state index contributed by atoms with van der Waals surface area (Å²) >= 11 is 3.37. The Kier molecular flexibility index (Phi) is 5.81. The van der Waals surface area contributed by atoms with Crippen LogP contribution >= 0.6 is 15.9 Å². The molecule has 0 N–H and O–H groups in total. The van der Waals surface area contributed by atoms with Gasteiger partial charge in [-0.2, -0.15) is 0 Å². The van der Waals surface area contributed by atoms with Crippen LogP contribution in [0.4, 0.5) is 5.69 Å². The van der Waals surface area contributed by atoms with Crippen LogP contribution < -0.4 is 9.64 Å². The first kappa shape index (κ1) is 17.8. The van der Waals surface area contributed by atoms with E-state index >= 15 is 0 Å². The molecule has 1 aliphatic heterocycles. The maximum atomic E-state index is 12.4. The van der Waals surface area contributed by atoms with Crippen molar-refractivity contribution in [3.8, 4) is 5.75 Å². The number of nitrogens with zero attached hydrogens (tertiary/aromatic N) is 1. The molecule has 0 fully saturated rings. The van der Waals surface area contributed by atoms with Gasteiger partial charge in [0.15, 0.2) is 0 Å². The van der Waals surface area contributed by atoms with Crippen LogP contribution in [-0.2, 0) is 19.1 Å². The van der Waals surface area contributed by atoms with Crippen LogP contribution in [0.25, 0.3) is 0 Å². The van der Waals surface area contributed by atoms with E-state index < -0.39 is 11.9 Å². The molecule has 1 aromatic carbocycles. The van der Waals surface area contributed by atoms with E-state index in [1.54, 1.807) is 36.6 Å². The molecule has 7 heteroatoms. The number of hydrogen-bond acceptors (Lipinski definition) is 6. The third-order valence-corrected chi connectivity index (χ3v) is 3.78. The van der Waals surface area contributed by atoms with Crippen LogP contribution in [-0.4, -0.2) is 33.3 Å². The van der Waals surface area contributed by atoms with Crippen LogP contribution in [0.1, 0.15) is 0 Å². The number of esters is 2. The number of allylic oxidation sites excluding steroid dienone is 2. The fourth-order valence-corrected chi connectivity index (χ4v) is 2.54. The molecule has 1 heterocycles. The first-order chi connectivity index (χ1) is 11.5. The first-order valence-electron chi connectivity index (χ1n) is 6.92. The van der Waals surface area contributed by atoms with Gasteiger partial charge in [0.25, 0.3) is 0 Å². The number of carbonyl (C=O) groups excluding carboxylic acids is 2. The Labute approximate surface area is 148 Å². The van der Waals surface area contributed by atoms with Crippen molar-refractivity contribution in [2.24, 2.45) is 0 Å². The fraction of sp³-hybridized carbons (Fsp3) is 0.176. The van der Waals surface area contributed by atoms with Gasteiger partial charge in [0.2, 0.25) is 0 Å². The van der Waals surface area contributed by atoms with Crippen LogP contribution in [0, 0.1) is 0 Å². The molecule has 0 unspecified atom stereocenters. The van der Waals surface area contributed by atoms with Crippen molar-refractivity contribution in [1.82, 2.24) is 0 Å². The maximum Gasteiger partial charge on any atom is 0.355 e. The lowest BCUT2D eigenvalue weighted by Crippen LogP contribution is -2.27. The highest BCUT2D eigenvalue weighted by Gasteiger charge is 2.28. The van der Waals surface area contributed by atoms with Gasteiger partial charge < -0.3 is 19.1 Å². The summed E-state index contributed by atoms with van der Waals surface area (Å²) in [6.45, 7) is 0. The van der Waals surface area contributed by atoms with Gasteiger partial charge in [-0.05, 0) is 30.4 Å². The molecule has 0 radical (unpaired) electrons. The molecular weight excluding hydrogens is 378 g/mol. The average molecular weight is 394 g/mol. The lowest BCUT2D eigenvalue weighted by atomic mass is 10.1. The Bertz CT molecular complexity index is 751. The molecule has 6 nitrogen and oxygen atoms in total. The molecule has 0 spiro atoms. The molecule has 0 aliphatic carbocycles. The second-order valence-corrected chi connectivity index (χ2v) is 5.55. The summed E-state index contributed by atoms with van der Waals surface area (Å²) in [5.41, 5.74) is 0.691. The summed E-state index contributed by atoms with van der Waals surface area (Å²) in [6, 6.07) is 5.32. The maximum absolute atomic E-state index is 12.4. The smallest absolute Gasteiger partial charge is 0.355 e. The zero-order valence-corrected chi connectivity index (χ0v) is 15.0. The minimum atomic E-state index is -0.670. The van der Waals surface area contributed by atoms with Gasteiger partial charge in [-0.1, -0.05) is 22.0 Å². The number of methoxy groups -OCH3 is 3. The number of benzene rings is 1. The predicted molar refractivity (Wildman–Crippen MR) is 92.5 cm³/mol. The van der Waals surface area contributed by atoms with E-state index in [0.717, 1.165) is 4.47 Å². The van der Waals surface area contributed by atoms with Gasteiger partial charge in [-0.15, -0.1) is 0 Å². The van der Waals surface area contributed by atoms with Gasteiger partial charge in [0, 0.05) is 10.7 Å². The van der Waals surface area contributed by atoms with Gasteiger partial charge in [-0.25, -0.2) is 9.59 Å². The van der Waals surface area contributed by atoms with Crippen molar-refractivity contribution in [3.63, 3.8) is 0 Å². The second-order valence-electron chi connectivity index (χ2n) is 4.63. The monoisotopic (exact) mass is 393 g/mol. The molecule has 2 rings (SSSR count). The van der Waals surface area contributed by atoms with E-state index in [1.165, 1.54) is 32.3 Å². The van der Waals surface area contributed by atoms with Gasteiger partial charge >= 0.3 is 11.9 Å². The van der Waals surface area contributed by atoms with Gasteiger partial charge in [-0.3, -0.25) is 0 Å². The predicted octanol–water partition coefficient (Wildman–Crippen LogP) is 2.95. The van der Waals surface area contributed by atoms with Crippen molar-refractivity contribution in [2.45, 2.75) is 0 Å². The fourth-order valence-electron chi connectivity index (χ4n) is 2.20. The van der Waals surface area contributed by atoms with Crippen molar-refractivity contribution in [3.05, 3.63) is 58.4 Å². The molecular formula is C17H16BrNO5. The summed E-state index contributed by atoms with van der Waals surface area (Å²) in [5, 5.41) is 0. The van der Waals surface area contributed by atoms with Crippen molar-refractivity contribution < 1.29 is 23.8 Å². The largest absolute Gasteiger partial charge is 0.495 e. The number of hydrogen-bond donors (Lipinski definition) is 0. The topological polar surface area (TPSA) is 65.1 Å². The molecule has 0 aromatic heterocycles. The van der Waals surface area contributed by atoms with Crippen molar-refractivity contribution in [2.75, 3.05) is 26.2 Å². The summed E-state index contributed by atoms with van der Waals surface area (Å²) in [7, 11) is 4.02. The molecule has 0 saturated carbocycles. The van der Waals surface area contributed by atoms with E-state index in [-0.39, 0.29) is 11.3 Å². The summed E-state index contributed by atoms with van der Waals surface area (Å²) < 4.78 is 15.8. The van der Waals surface area contributed by atoms with Crippen LogP contribution in [0.3, 0.4) is 0 Å². The SMILES string of the molecule is COC(=O)C1=C(C(=O)OC)N(c2ccc(Br)cc2OC)C=CC=C1. The van der Waals surface area contributed by atoms with Gasteiger partial charge in [0.05, 0.1) is 32.6 Å². The summed E-state index contributed by atoms with van der Waals surface area (Å²) in [4.78, 5) is 26.0. The van der Waals surface area contributed by atoms with Crippen LogP contribution in [0.5, 0.6) is 5.75 Å². The molecule has 126 valence electrons.